The molecule has 14 heavy (non-hydrogen) atoms. The van der Waals surface area contributed by atoms with Crippen LogP contribution in [-0.2, 0) is 4.79 Å². The van der Waals surface area contributed by atoms with Crippen molar-refractivity contribution in [2.75, 3.05) is 0 Å². The number of hydrogen-bond donors (Lipinski definition) is 2. The van der Waals surface area contributed by atoms with Gasteiger partial charge in [-0.15, -0.1) is 12.4 Å². The molecule has 1 aromatic rings. The summed E-state index contributed by atoms with van der Waals surface area (Å²) in [4.78, 5) is 10.1. The highest BCUT2D eigenvalue weighted by molar-refractivity contribution is 7.07. The molecule has 0 amide bonds. The maximum Gasteiger partial charge on any atom is 0.323 e. The molecule has 0 aliphatic heterocycles. The number of aliphatic carboxylic acids is 1. The molecule has 1 aromatic heterocycles. The zero-order chi connectivity index (χ0) is 10.3. The van der Waals surface area contributed by atoms with Gasteiger partial charge in [0.05, 0.1) is 0 Å². The minimum Gasteiger partial charge on any atom is -0.480 e. The van der Waals surface area contributed by atoms with Crippen molar-refractivity contribution in [3.8, 4) is 0 Å². The smallest absolute Gasteiger partial charge is 0.323 e. The molecule has 3 N–H and O–H groups in total. The highest BCUT2D eigenvalue weighted by atomic mass is 35.5. The van der Waals surface area contributed by atoms with Crippen molar-refractivity contribution in [3.63, 3.8) is 0 Å². The average molecular weight is 238 g/mol. The monoisotopic (exact) mass is 237 g/mol. The van der Waals surface area contributed by atoms with Gasteiger partial charge >= 0.3 is 5.97 Å². The Balaban J connectivity index is 0. The second kappa shape index (κ2) is 7.79. The van der Waals surface area contributed by atoms with Crippen molar-refractivity contribution < 1.29 is 9.90 Å². The zero-order valence-electron chi connectivity index (χ0n) is 8.27. The molecule has 0 saturated heterocycles. The minimum absolute atomic E-state index is 0. The lowest BCUT2D eigenvalue weighted by molar-refractivity contribution is -0.142. The van der Waals surface area contributed by atoms with Crippen molar-refractivity contribution in [1.29, 1.82) is 0 Å². The maximum absolute atomic E-state index is 10.1. The summed E-state index contributed by atoms with van der Waals surface area (Å²) in [5, 5.41) is 12.4. The molecular formula is C9H16ClNO2S. The molecule has 1 heterocycles. The maximum atomic E-state index is 10.1. The third-order valence-corrected chi connectivity index (χ3v) is 2.28. The van der Waals surface area contributed by atoms with E-state index in [4.69, 9.17) is 10.8 Å². The van der Waals surface area contributed by atoms with Gasteiger partial charge in [-0.25, -0.2) is 0 Å². The molecular weight excluding hydrogens is 222 g/mol. The van der Waals surface area contributed by atoms with Crippen LogP contribution in [0.3, 0.4) is 0 Å². The summed E-state index contributed by atoms with van der Waals surface area (Å²) in [7, 11) is 0. The van der Waals surface area contributed by atoms with Gasteiger partial charge < -0.3 is 10.8 Å². The number of thiophene rings is 1. The first-order valence-electron chi connectivity index (χ1n) is 4.00. The molecule has 0 bridgehead atoms. The van der Waals surface area contributed by atoms with Crippen molar-refractivity contribution >= 4 is 29.7 Å². The van der Waals surface area contributed by atoms with E-state index in [1.165, 1.54) is 6.92 Å². The molecule has 5 heteroatoms. The molecule has 3 nitrogen and oxygen atoms in total. The van der Waals surface area contributed by atoms with Crippen LogP contribution in [0, 0.1) is 0 Å². The quantitative estimate of drug-likeness (QED) is 0.830. The Kier molecular flexibility index (Phi) is 8.83. The van der Waals surface area contributed by atoms with Crippen LogP contribution in [0.2, 0.25) is 0 Å². The van der Waals surface area contributed by atoms with E-state index < -0.39 is 11.5 Å². The van der Waals surface area contributed by atoms with Gasteiger partial charge in [0.25, 0.3) is 0 Å². The van der Waals surface area contributed by atoms with Crippen molar-refractivity contribution in [2.45, 2.75) is 25.8 Å². The molecule has 0 fully saturated rings. The van der Waals surface area contributed by atoms with E-state index in [1.54, 1.807) is 18.3 Å². The predicted octanol–water partition coefficient (Wildman–Crippen LogP) is 2.37. The van der Waals surface area contributed by atoms with Crippen LogP contribution in [0.15, 0.2) is 22.9 Å². The number of rotatable bonds is 2. The van der Waals surface area contributed by atoms with Gasteiger partial charge in [-0.3, -0.25) is 4.79 Å². The Morgan fingerprint density at radius 2 is 1.93 bits per heavy atom. The first-order chi connectivity index (χ1) is 6.00. The van der Waals surface area contributed by atoms with Gasteiger partial charge in [0.2, 0.25) is 0 Å². The first kappa shape index (κ1) is 15.9. The van der Waals surface area contributed by atoms with Crippen LogP contribution in [0.5, 0.6) is 0 Å². The second-order valence-corrected chi connectivity index (χ2v) is 3.69. The lowest BCUT2D eigenvalue weighted by Crippen LogP contribution is -2.43. The van der Waals surface area contributed by atoms with Crippen molar-refractivity contribution in [3.05, 3.63) is 22.9 Å². The van der Waals surface area contributed by atoms with E-state index in [-0.39, 0.29) is 12.4 Å². The highest BCUT2D eigenvalue weighted by Gasteiger charge is 2.24. The molecule has 1 rings (SSSR count). The van der Waals surface area contributed by atoms with Gasteiger partial charge in [-0.1, -0.05) is 19.1 Å². The summed E-state index contributed by atoms with van der Waals surface area (Å²) in [5.41, 5.74) is 4.22. The highest BCUT2D eigenvalue weighted by Crippen LogP contribution is 2.02. The summed E-state index contributed by atoms with van der Waals surface area (Å²) in [6.45, 7) is 3.24. The summed E-state index contributed by atoms with van der Waals surface area (Å²) >= 11 is 1.71. The van der Waals surface area contributed by atoms with E-state index in [2.05, 4.69) is 0 Å². The van der Waals surface area contributed by atoms with E-state index in [0.717, 1.165) is 0 Å². The Hall–Kier alpha value is -0.580. The van der Waals surface area contributed by atoms with Crippen LogP contribution >= 0.6 is 23.7 Å². The van der Waals surface area contributed by atoms with Gasteiger partial charge in [-0.2, -0.15) is 11.3 Å². The van der Waals surface area contributed by atoms with E-state index >= 15 is 0 Å². The molecule has 0 aliphatic carbocycles. The molecule has 0 spiro atoms. The summed E-state index contributed by atoms with van der Waals surface area (Å²) in [5.74, 6) is -0.944. The lowest BCUT2D eigenvalue weighted by atomic mass is 10.0. The van der Waals surface area contributed by atoms with Crippen LogP contribution in [0.1, 0.15) is 20.3 Å². The molecule has 0 aliphatic rings. The third kappa shape index (κ3) is 6.88. The van der Waals surface area contributed by atoms with Crippen LogP contribution in [0.4, 0.5) is 0 Å². The largest absolute Gasteiger partial charge is 0.480 e. The van der Waals surface area contributed by atoms with Crippen molar-refractivity contribution in [2.24, 2.45) is 5.73 Å². The van der Waals surface area contributed by atoms with Gasteiger partial charge in [0, 0.05) is 0 Å². The third-order valence-electron chi connectivity index (χ3n) is 1.65. The molecule has 1 atom stereocenters. The number of carboxylic acids is 1. The van der Waals surface area contributed by atoms with Crippen LogP contribution < -0.4 is 5.73 Å². The van der Waals surface area contributed by atoms with Gasteiger partial charge in [0.1, 0.15) is 5.54 Å². The van der Waals surface area contributed by atoms with Crippen molar-refractivity contribution in [1.82, 2.24) is 0 Å². The number of carbonyl (C=O) groups is 1. The molecule has 0 aromatic carbocycles. The Morgan fingerprint density at radius 3 is 2.00 bits per heavy atom. The molecule has 82 valence electrons. The van der Waals surface area contributed by atoms with Crippen LogP contribution in [0.25, 0.3) is 0 Å². The standard InChI is InChI=1S/C5H11NO2.C4H4S.ClH/c1-3-5(2,6)4(7)8;1-2-4-5-3-1;/h3,6H2,1-2H3,(H,7,8);1-4H;1H. The number of carboxylic acid groups (broad SMARTS) is 1. The van der Waals surface area contributed by atoms with Crippen LogP contribution in [-0.4, -0.2) is 16.6 Å². The zero-order valence-corrected chi connectivity index (χ0v) is 9.90. The Bertz CT molecular complexity index is 220. The number of nitrogens with two attached hydrogens (primary N) is 1. The molecule has 0 radical (unpaired) electrons. The predicted molar refractivity (Wildman–Crippen MR) is 62.1 cm³/mol. The SMILES string of the molecule is CCC(C)(N)C(=O)O.Cl.c1ccsc1. The fourth-order valence-electron chi connectivity index (χ4n) is 0.378. The van der Waals surface area contributed by atoms with Gasteiger partial charge in [-0.05, 0) is 24.1 Å². The topological polar surface area (TPSA) is 63.3 Å². The van der Waals surface area contributed by atoms with E-state index in [9.17, 15) is 4.79 Å². The lowest BCUT2D eigenvalue weighted by Gasteiger charge is -2.14. The second-order valence-electron chi connectivity index (χ2n) is 2.87. The van der Waals surface area contributed by atoms with E-state index in [1.807, 2.05) is 22.9 Å². The Morgan fingerprint density at radius 1 is 1.50 bits per heavy atom. The average Bonchev–Trinajstić information content (AvgIpc) is 2.61. The summed E-state index contributed by atoms with van der Waals surface area (Å²) in [6.07, 6.45) is 0.461. The fraction of sp³-hybridized carbons (Fsp3) is 0.444. The normalized spacial score (nSPS) is 12.8. The number of halogens is 1. The minimum atomic E-state index is -1.04. The number of hydrogen-bond acceptors (Lipinski definition) is 3. The summed E-state index contributed by atoms with van der Waals surface area (Å²) in [6, 6.07) is 4.04. The first-order valence-corrected chi connectivity index (χ1v) is 4.94. The molecule has 1 unspecified atom stereocenters. The van der Waals surface area contributed by atoms with E-state index in [0.29, 0.717) is 6.42 Å². The fourth-order valence-corrected chi connectivity index (χ4v) is 0.832. The Labute approximate surface area is 94.4 Å². The molecule has 0 saturated carbocycles. The summed E-state index contributed by atoms with van der Waals surface area (Å²) < 4.78 is 0. The van der Waals surface area contributed by atoms with Gasteiger partial charge in [0.15, 0.2) is 0 Å².